The van der Waals surface area contributed by atoms with Gasteiger partial charge in [-0.1, -0.05) is 36.3 Å². The molecule has 0 bridgehead atoms. The Balaban J connectivity index is 1.25. The van der Waals surface area contributed by atoms with Crippen LogP contribution in [-0.4, -0.2) is 60.3 Å². The van der Waals surface area contributed by atoms with Crippen molar-refractivity contribution in [3.8, 4) is 5.75 Å². The predicted octanol–water partition coefficient (Wildman–Crippen LogP) is 2.47. The van der Waals surface area contributed by atoms with Crippen molar-refractivity contribution in [3.05, 3.63) is 34.8 Å². The lowest BCUT2D eigenvalue weighted by atomic mass is 10.2. The molecule has 1 saturated heterocycles. The number of ether oxygens (including phenoxy) is 1. The summed E-state index contributed by atoms with van der Waals surface area (Å²) in [4.78, 5) is 16.9. The van der Waals surface area contributed by atoms with Crippen molar-refractivity contribution in [2.45, 2.75) is 44.7 Å². The second kappa shape index (κ2) is 9.54. The molecule has 2 fully saturated rings. The topological polar surface area (TPSA) is 70.6 Å². The number of nitrogens with zero attached hydrogens (tertiary/aromatic N) is 4. The maximum atomic E-state index is 12.2. The van der Waals surface area contributed by atoms with Gasteiger partial charge in [0.15, 0.2) is 0 Å². The summed E-state index contributed by atoms with van der Waals surface area (Å²) >= 11 is 1.54. The summed E-state index contributed by atoms with van der Waals surface area (Å²) in [5.74, 6) is 0.974. The highest BCUT2D eigenvalue weighted by molar-refractivity contribution is 7.15. The van der Waals surface area contributed by atoms with E-state index in [4.69, 9.17) is 4.74 Å². The Labute approximate surface area is 176 Å². The van der Waals surface area contributed by atoms with Crippen molar-refractivity contribution in [2.24, 2.45) is 0 Å². The molecule has 8 heteroatoms. The molecule has 1 aromatic heterocycles. The van der Waals surface area contributed by atoms with E-state index < -0.39 is 0 Å². The second-order valence-electron chi connectivity index (χ2n) is 7.82. The Hall–Kier alpha value is -2.19. The van der Waals surface area contributed by atoms with E-state index in [0.29, 0.717) is 12.5 Å². The quantitative estimate of drug-likeness (QED) is 0.749. The fourth-order valence-corrected chi connectivity index (χ4v) is 4.95. The number of hydrogen-bond donors (Lipinski definition) is 1. The van der Waals surface area contributed by atoms with Gasteiger partial charge in [0, 0.05) is 38.8 Å². The molecule has 1 saturated carbocycles. The fraction of sp³-hybridized carbons (Fsp3) is 0.571. The molecule has 0 radical (unpaired) electrons. The van der Waals surface area contributed by atoms with E-state index in [-0.39, 0.29) is 5.91 Å². The SMILES string of the molecule is COc1cccc(CN2CCN(c3nnc(CC(=O)NC4CCCC4)s3)CC2)c1. The Bertz CT molecular complexity index is 813. The van der Waals surface area contributed by atoms with Gasteiger partial charge in [0.2, 0.25) is 11.0 Å². The van der Waals surface area contributed by atoms with Crippen molar-refractivity contribution in [1.29, 1.82) is 0 Å². The minimum Gasteiger partial charge on any atom is -0.497 e. The lowest BCUT2D eigenvalue weighted by Gasteiger charge is -2.34. The first-order valence-electron chi connectivity index (χ1n) is 10.4. The standard InChI is InChI=1S/C21H29N5O2S/c1-28-18-8-4-5-16(13-18)15-25-9-11-26(12-10-25)21-24-23-20(29-21)14-19(27)22-17-6-2-3-7-17/h4-5,8,13,17H,2-3,6-7,9-12,14-15H2,1H3,(H,22,27). The van der Waals surface area contributed by atoms with Crippen LogP contribution in [0.3, 0.4) is 0 Å². The van der Waals surface area contributed by atoms with Gasteiger partial charge in [-0.15, -0.1) is 10.2 Å². The highest BCUT2D eigenvalue weighted by Crippen LogP contribution is 2.23. The largest absolute Gasteiger partial charge is 0.497 e. The molecule has 2 aliphatic rings. The van der Waals surface area contributed by atoms with Gasteiger partial charge in [0.05, 0.1) is 13.5 Å². The summed E-state index contributed by atoms with van der Waals surface area (Å²) < 4.78 is 5.32. The number of nitrogens with one attached hydrogen (secondary N) is 1. The smallest absolute Gasteiger partial charge is 0.227 e. The summed E-state index contributed by atoms with van der Waals surface area (Å²) in [5.41, 5.74) is 1.27. The Morgan fingerprint density at radius 1 is 1.21 bits per heavy atom. The van der Waals surface area contributed by atoms with E-state index in [2.05, 4.69) is 37.4 Å². The minimum absolute atomic E-state index is 0.0720. The molecule has 1 aliphatic carbocycles. The number of anilines is 1. The average Bonchev–Trinajstić information content (AvgIpc) is 3.41. The first-order chi connectivity index (χ1) is 14.2. The number of hydrogen-bond acceptors (Lipinski definition) is 7. The number of carbonyl (C=O) groups is 1. The van der Waals surface area contributed by atoms with Gasteiger partial charge >= 0.3 is 0 Å². The van der Waals surface area contributed by atoms with E-state index in [9.17, 15) is 4.79 Å². The van der Waals surface area contributed by atoms with Crippen LogP contribution in [0.5, 0.6) is 5.75 Å². The monoisotopic (exact) mass is 415 g/mol. The number of methoxy groups -OCH3 is 1. The number of rotatable bonds is 7. The second-order valence-corrected chi connectivity index (χ2v) is 8.86. The molecular weight excluding hydrogens is 386 g/mol. The van der Waals surface area contributed by atoms with Crippen molar-refractivity contribution in [1.82, 2.24) is 20.4 Å². The summed E-state index contributed by atoms with van der Waals surface area (Å²) in [6, 6.07) is 8.61. The van der Waals surface area contributed by atoms with Gasteiger partial charge in [0.25, 0.3) is 0 Å². The van der Waals surface area contributed by atoms with E-state index in [1.54, 1.807) is 18.4 Å². The predicted molar refractivity (Wildman–Crippen MR) is 114 cm³/mol. The summed E-state index contributed by atoms with van der Waals surface area (Å²) in [6.45, 7) is 4.73. The van der Waals surface area contributed by atoms with E-state index in [1.807, 2.05) is 12.1 Å². The molecule has 156 valence electrons. The van der Waals surface area contributed by atoms with Gasteiger partial charge < -0.3 is 15.0 Å². The molecule has 1 aliphatic heterocycles. The first kappa shape index (κ1) is 20.1. The van der Waals surface area contributed by atoms with Crippen LogP contribution in [0.4, 0.5) is 5.13 Å². The van der Waals surface area contributed by atoms with Crippen LogP contribution in [0.25, 0.3) is 0 Å². The van der Waals surface area contributed by atoms with Crippen molar-refractivity contribution in [2.75, 3.05) is 38.2 Å². The number of benzene rings is 1. The third-order valence-electron chi connectivity index (χ3n) is 5.67. The molecular formula is C21H29N5O2S. The zero-order valence-corrected chi connectivity index (χ0v) is 17.8. The van der Waals surface area contributed by atoms with Gasteiger partial charge in [-0.3, -0.25) is 9.69 Å². The van der Waals surface area contributed by atoms with Crippen molar-refractivity contribution in [3.63, 3.8) is 0 Å². The normalized spacial score (nSPS) is 18.2. The van der Waals surface area contributed by atoms with Gasteiger partial charge in [-0.2, -0.15) is 0 Å². The zero-order valence-electron chi connectivity index (χ0n) is 17.0. The zero-order chi connectivity index (χ0) is 20.1. The lowest BCUT2D eigenvalue weighted by molar-refractivity contribution is -0.121. The Morgan fingerprint density at radius 2 is 2.00 bits per heavy atom. The van der Waals surface area contributed by atoms with Crippen LogP contribution in [0.2, 0.25) is 0 Å². The summed E-state index contributed by atoms with van der Waals surface area (Å²) in [7, 11) is 1.70. The maximum absolute atomic E-state index is 12.2. The minimum atomic E-state index is 0.0720. The van der Waals surface area contributed by atoms with E-state index >= 15 is 0 Å². The van der Waals surface area contributed by atoms with Gasteiger partial charge in [-0.25, -0.2) is 0 Å². The molecule has 4 rings (SSSR count). The molecule has 0 spiro atoms. The van der Waals surface area contributed by atoms with Crippen LogP contribution in [0, 0.1) is 0 Å². The average molecular weight is 416 g/mol. The summed E-state index contributed by atoms with van der Waals surface area (Å²) in [5, 5.41) is 13.4. The van der Waals surface area contributed by atoms with Crippen LogP contribution in [-0.2, 0) is 17.8 Å². The molecule has 29 heavy (non-hydrogen) atoms. The third-order valence-corrected chi connectivity index (χ3v) is 6.66. The number of carbonyl (C=O) groups excluding carboxylic acids is 1. The molecule has 0 atom stereocenters. The molecule has 1 N–H and O–H groups in total. The number of amides is 1. The Morgan fingerprint density at radius 3 is 2.76 bits per heavy atom. The molecule has 7 nitrogen and oxygen atoms in total. The van der Waals surface area contributed by atoms with E-state index in [0.717, 1.165) is 61.5 Å². The highest BCUT2D eigenvalue weighted by atomic mass is 32.1. The van der Waals surface area contributed by atoms with Crippen molar-refractivity contribution >= 4 is 22.4 Å². The number of piperazine rings is 1. The molecule has 2 aromatic rings. The van der Waals surface area contributed by atoms with Crippen LogP contribution >= 0.6 is 11.3 Å². The summed E-state index contributed by atoms with van der Waals surface area (Å²) in [6.07, 6.45) is 4.99. The molecule has 0 unspecified atom stereocenters. The lowest BCUT2D eigenvalue weighted by Crippen LogP contribution is -2.45. The molecule has 1 amide bonds. The van der Waals surface area contributed by atoms with Crippen molar-refractivity contribution < 1.29 is 9.53 Å². The highest BCUT2D eigenvalue weighted by Gasteiger charge is 2.22. The van der Waals surface area contributed by atoms with Gasteiger partial charge in [0.1, 0.15) is 10.8 Å². The number of aromatic nitrogens is 2. The van der Waals surface area contributed by atoms with E-state index in [1.165, 1.54) is 18.4 Å². The fourth-order valence-electron chi connectivity index (χ4n) is 4.06. The Kier molecular flexibility index (Phi) is 6.61. The van der Waals surface area contributed by atoms with Crippen LogP contribution in [0.15, 0.2) is 24.3 Å². The first-order valence-corrected chi connectivity index (χ1v) is 11.2. The van der Waals surface area contributed by atoms with Crippen LogP contribution < -0.4 is 15.0 Å². The molecule has 1 aromatic carbocycles. The third kappa shape index (κ3) is 5.45. The molecule has 2 heterocycles. The van der Waals surface area contributed by atoms with Crippen LogP contribution in [0.1, 0.15) is 36.3 Å². The maximum Gasteiger partial charge on any atom is 0.227 e. The van der Waals surface area contributed by atoms with Gasteiger partial charge in [-0.05, 0) is 30.5 Å².